The molecule has 162 valence electrons. The molecule has 3 N–H and O–H groups in total. The van der Waals surface area contributed by atoms with E-state index in [2.05, 4.69) is 10.2 Å². The Hall–Kier alpha value is -3.96. The highest BCUT2D eigenvalue weighted by molar-refractivity contribution is 5.91. The molecule has 6 rings (SSSR count). The van der Waals surface area contributed by atoms with Gasteiger partial charge in [-0.3, -0.25) is 9.89 Å². The minimum absolute atomic E-state index is 0.0508. The number of hydrogen-bond donors (Lipinski definition) is 2. The van der Waals surface area contributed by atoms with E-state index in [9.17, 15) is 4.79 Å². The zero-order chi connectivity index (χ0) is 22.4. The Bertz CT molecular complexity index is 1500. The highest BCUT2D eigenvalue weighted by atomic mass is 16.3. The summed E-state index contributed by atoms with van der Waals surface area (Å²) in [7, 11) is 0. The van der Waals surface area contributed by atoms with Crippen molar-refractivity contribution in [2.75, 3.05) is 0 Å². The number of rotatable bonds is 4. The fraction of sp³-hybridized carbons (Fsp3) is 0.143. The van der Waals surface area contributed by atoms with Crippen LogP contribution in [0.4, 0.5) is 0 Å². The van der Waals surface area contributed by atoms with Gasteiger partial charge in [-0.2, -0.15) is 5.10 Å². The molecule has 1 saturated carbocycles. The lowest BCUT2D eigenvalue weighted by Gasteiger charge is -2.38. The Kier molecular flexibility index (Phi) is 4.52. The monoisotopic (exact) mass is 433 g/mol. The topological polar surface area (TPSA) is 84.9 Å². The molecule has 1 aliphatic rings. The molecule has 0 saturated heterocycles. The second-order valence-corrected chi connectivity index (χ2v) is 8.77. The predicted octanol–water partition coefficient (Wildman–Crippen LogP) is 5.86. The summed E-state index contributed by atoms with van der Waals surface area (Å²) in [5, 5.41) is 7.53. The van der Waals surface area contributed by atoms with E-state index in [0.717, 1.165) is 47.2 Å². The van der Waals surface area contributed by atoms with E-state index < -0.39 is 0 Å². The summed E-state index contributed by atoms with van der Waals surface area (Å²) in [6.45, 7) is 0. The van der Waals surface area contributed by atoms with E-state index in [4.69, 9.17) is 10.2 Å². The van der Waals surface area contributed by atoms with Crippen molar-refractivity contribution in [3.63, 3.8) is 0 Å². The summed E-state index contributed by atoms with van der Waals surface area (Å²) < 4.78 is 6.42. The van der Waals surface area contributed by atoms with E-state index >= 15 is 0 Å². The number of nitrogens with zero attached hydrogens (tertiary/aromatic N) is 1. The summed E-state index contributed by atoms with van der Waals surface area (Å²) in [5.74, 6) is 0.564. The SMILES string of the molecule is NC1(c2ccc(-c3c(-c4ccccc4)oc4cc(-c5ccn[nH]5)ccc4c3=O)cc2)CCC1. The van der Waals surface area contributed by atoms with E-state index in [1.807, 2.05) is 78.9 Å². The number of fused-ring (bicyclic) bond motifs is 1. The maximum absolute atomic E-state index is 13.8. The molecule has 1 aliphatic carbocycles. The number of aromatic nitrogens is 2. The summed E-state index contributed by atoms with van der Waals surface area (Å²) >= 11 is 0. The fourth-order valence-electron chi connectivity index (χ4n) is 4.65. The molecule has 0 radical (unpaired) electrons. The first kappa shape index (κ1) is 19.7. The summed E-state index contributed by atoms with van der Waals surface area (Å²) in [5.41, 5.74) is 11.9. The van der Waals surface area contributed by atoms with Crippen LogP contribution in [0.3, 0.4) is 0 Å². The van der Waals surface area contributed by atoms with E-state index in [-0.39, 0.29) is 11.0 Å². The van der Waals surface area contributed by atoms with Gasteiger partial charge in [0.2, 0.25) is 5.43 Å². The van der Waals surface area contributed by atoms with Crippen LogP contribution in [0.15, 0.2) is 94.3 Å². The van der Waals surface area contributed by atoms with Crippen LogP contribution < -0.4 is 11.2 Å². The van der Waals surface area contributed by atoms with E-state index in [1.54, 1.807) is 6.20 Å². The Morgan fingerprint density at radius 1 is 0.879 bits per heavy atom. The van der Waals surface area contributed by atoms with Crippen LogP contribution >= 0.6 is 0 Å². The first-order valence-electron chi connectivity index (χ1n) is 11.2. The molecule has 2 heterocycles. The first-order chi connectivity index (χ1) is 16.1. The summed E-state index contributed by atoms with van der Waals surface area (Å²) in [6.07, 6.45) is 4.86. The summed E-state index contributed by atoms with van der Waals surface area (Å²) in [4.78, 5) is 13.8. The van der Waals surface area contributed by atoms with Crippen molar-refractivity contribution in [2.45, 2.75) is 24.8 Å². The highest BCUT2D eigenvalue weighted by Crippen LogP contribution is 2.40. The molecule has 1 fully saturated rings. The van der Waals surface area contributed by atoms with Crippen LogP contribution in [0.25, 0.3) is 44.7 Å². The van der Waals surface area contributed by atoms with Crippen molar-refractivity contribution in [3.8, 4) is 33.7 Å². The van der Waals surface area contributed by atoms with Crippen LogP contribution in [0.1, 0.15) is 24.8 Å². The molecule has 0 amide bonds. The van der Waals surface area contributed by atoms with Gasteiger partial charge in [-0.15, -0.1) is 0 Å². The van der Waals surface area contributed by atoms with Gasteiger partial charge in [0.1, 0.15) is 11.3 Å². The van der Waals surface area contributed by atoms with Crippen LogP contribution in [-0.2, 0) is 5.54 Å². The van der Waals surface area contributed by atoms with Crippen LogP contribution in [0, 0.1) is 0 Å². The maximum atomic E-state index is 13.8. The van der Waals surface area contributed by atoms with Gasteiger partial charge in [0.15, 0.2) is 0 Å². The maximum Gasteiger partial charge on any atom is 0.201 e. The largest absolute Gasteiger partial charge is 0.455 e. The van der Waals surface area contributed by atoms with E-state index in [0.29, 0.717) is 22.3 Å². The molecule has 0 unspecified atom stereocenters. The van der Waals surface area contributed by atoms with Gasteiger partial charge in [-0.05, 0) is 48.6 Å². The standard InChI is InChI=1S/C28H23N3O2/c29-28(14-4-15-28)21-10-7-18(8-11-21)25-26(32)22-12-9-20(23-13-16-30-31-23)17-24(22)33-27(25)19-5-2-1-3-6-19/h1-3,5-13,16-17H,4,14-15,29H2,(H,30,31). The van der Waals surface area contributed by atoms with Crippen molar-refractivity contribution in [1.29, 1.82) is 0 Å². The average molecular weight is 434 g/mol. The van der Waals surface area contributed by atoms with Crippen molar-refractivity contribution in [3.05, 3.63) is 101 Å². The predicted molar refractivity (Wildman–Crippen MR) is 131 cm³/mol. The molecule has 0 atom stereocenters. The Labute approximate surface area is 190 Å². The Morgan fingerprint density at radius 2 is 1.64 bits per heavy atom. The van der Waals surface area contributed by atoms with Gasteiger partial charge in [0.05, 0.1) is 16.6 Å². The minimum Gasteiger partial charge on any atom is -0.455 e. The number of benzene rings is 3. The Balaban J connectivity index is 1.56. The van der Waals surface area contributed by atoms with Gasteiger partial charge in [-0.25, -0.2) is 0 Å². The van der Waals surface area contributed by atoms with Gasteiger partial charge in [0, 0.05) is 22.9 Å². The number of aromatic amines is 1. The van der Waals surface area contributed by atoms with Crippen LogP contribution in [0.5, 0.6) is 0 Å². The lowest BCUT2D eigenvalue weighted by atomic mass is 9.72. The molecule has 0 bridgehead atoms. The molecule has 0 spiro atoms. The zero-order valence-electron chi connectivity index (χ0n) is 18.0. The van der Waals surface area contributed by atoms with Crippen molar-refractivity contribution < 1.29 is 4.42 Å². The van der Waals surface area contributed by atoms with Crippen LogP contribution in [-0.4, -0.2) is 10.2 Å². The quantitative estimate of drug-likeness (QED) is 0.372. The van der Waals surface area contributed by atoms with Crippen molar-refractivity contribution in [1.82, 2.24) is 10.2 Å². The second kappa shape index (κ2) is 7.57. The first-order valence-corrected chi connectivity index (χ1v) is 11.2. The van der Waals surface area contributed by atoms with Crippen LogP contribution in [0.2, 0.25) is 0 Å². The fourth-order valence-corrected chi connectivity index (χ4v) is 4.65. The lowest BCUT2D eigenvalue weighted by molar-refractivity contribution is 0.253. The van der Waals surface area contributed by atoms with Crippen molar-refractivity contribution >= 4 is 11.0 Å². The molecule has 2 aromatic heterocycles. The zero-order valence-corrected chi connectivity index (χ0v) is 18.0. The summed E-state index contributed by atoms with van der Waals surface area (Å²) in [6, 6.07) is 25.4. The Morgan fingerprint density at radius 3 is 2.30 bits per heavy atom. The third-order valence-electron chi connectivity index (χ3n) is 6.73. The third kappa shape index (κ3) is 3.29. The molecular weight excluding hydrogens is 410 g/mol. The number of nitrogens with one attached hydrogen (secondary N) is 1. The van der Waals surface area contributed by atoms with Gasteiger partial charge >= 0.3 is 0 Å². The molecule has 5 nitrogen and oxygen atoms in total. The number of nitrogens with two attached hydrogens (primary N) is 1. The molecule has 33 heavy (non-hydrogen) atoms. The molecule has 5 aromatic rings. The van der Waals surface area contributed by atoms with Crippen molar-refractivity contribution in [2.24, 2.45) is 5.73 Å². The molecular formula is C28H23N3O2. The van der Waals surface area contributed by atoms with Gasteiger partial charge in [0.25, 0.3) is 0 Å². The average Bonchev–Trinajstić information content (AvgIpc) is 3.38. The minimum atomic E-state index is -0.238. The third-order valence-corrected chi connectivity index (χ3v) is 6.73. The molecule has 5 heteroatoms. The smallest absolute Gasteiger partial charge is 0.201 e. The van der Waals surface area contributed by atoms with Gasteiger partial charge in [-0.1, -0.05) is 60.7 Å². The molecule has 0 aliphatic heterocycles. The molecule has 3 aromatic carbocycles. The number of hydrogen-bond acceptors (Lipinski definition) is 4. The number of H-pyrrole nitrogens is 1. The van der Waals surface area contributed by atoms with Gasteiger partial charge < -0.3 is 10.2 Å². The second-order valence-electron chi connectivity index (χ2n) is 8.77. The van der Waals surface area contributed by atoms with E-state index in [1.165, 1.54) is 0 Å². The highest BCUT2D eigenvalue weighted by Gasteiger charge is 2.34. The normalized spacial score (nSPS) is 14.8. The lowest BCUT2D eigenvalue weighted by Crippen LogP contribution is -2.43.